The van der Waals surface area contributed by atoms with Crippen LogP contribution in [0.1, 0.15) is 19.4 Å². The maximum Gasteiger partial charge on any atom is 0.277 e. The average Bonchev–Trinajstić information content (AvgIpc) is 2.69. The number of para-hydroxylation sites is 1. The number of nitro benzene ring substituents is 1. The Bertz CT molecular complexity index is 812. The molecule has 0 aromatic heterocycles. The highest BCUT2D eigenvalue weighted by atomic mass is 16.6. The molecule has 0 atom stereocenters. The number of anilines is 2. The largest absolute Gasteiger partial charge is 0.398 e. The Morgan fingerprint density at radius 3 is 2.55 bits per heavy atom. The third-order valence-electron chi connectivity index (χ3n) is 4.07. The second-order valence-electron chi connectivity index (χ2n) is 5.84. The minimum Gasteiger partial charge on any atom is -0.398 e. The molecule has 2 aromatic rings. The van der Waals surface area contributed by atoms with Crippen molar-refractivity contribution in [1.82, 2.24) is 0 Å². The van der Waals surface area contributed by atoms with Gasteiger partial charge in [0.25, 0.3) is 5.69 Å². The fraction of sp³-hybridized carbons (Fsp3) is 0.188. The topological polar surface area (TPSA) is 98.3 Å². The first-order chi connectivity index (χ1) is 10.3. The number of hydrogen-bond acceptors (Lipinski definition) is 4. The highest BCUT2D eigenvalue weighted by Gasteiger charge is 2.39. The molecule has 0 spiro atoms. The lowest BCUT2D eigenvalue weighted by Crippen LogP contribution is -2.26. The quantitative estimate of drug-likeness (QED) is 0.505. The van der Waals surface area contributed by atoms with Gasteiger partial charge in [0, 0.05) is 23.0 Å². The summed E-state index contributed by atoms with van der Waals surface area (Å²) in [5.74, 6) is -0.110. The van der Waals surface area contributed by atoms with Crippen molar-refractivity contribution in [1.29, 1.82) is 0 Å². The summed E-state index contributed by atoms with van der Waals surface area (Å²) in [6, 6.07) is 9.84. The minimum atomic E-state index is -0.662. The molecule has 6 heteroatoms. The number of nitrogens with two attached hydrogens (primary N) is 1. The number of nitrogen functional groups attached to an aromatic ring is 1. The van der Waals surface area contributed by atoms with Crippen molar-refractivity contribution in [3.8, 4) is 11.1 Å². The van der Waals surface area contributed by atoms with Gasteiger partial charge in [0.05, 0.1) is 15.9 Å². The summed E-state index contributed by atoms with van der Waals surface area (Å²) >= 11 is 0. The molecule has 6 nitrogen and oxygen atoms in total. The number of fused-ring (bicyclic) bond motifs is 1. The van der Waals surface area contributed by atoms with Crippen LogP contribution >= 0.6 is 0 Å². The van der Waals surface area contributed by atoms with E-state index in [9.17, 15) is 14.9 Å². The van der Waals surface area contributed by atoms with E-state index in [4.69, 9.17) is 5.73 Å². The van der Waals surface area contributed by atoms with Gasteiger partial charge in [0.1, 0.15) is 0 Å². The van der Waals surface area contributed by atoms with E-state index < -0.39 is 10.3 Å². The number of nitrogens with one attached hydrogen (secondary N) is 1. The molecule has 0 unspecified atom stereocenters. The van der Waals surface area contributed by atoms with Gasteiger partial charge >= 0.3 is 0 Å². The van der Waals surface area contributed by atoms with Crippen molar-refractivity contribution in [3.05, 3.63) is 52.1 Å². The van der Waals surface area contributed by atoms with Crippen molar-refractivity contribution < 1.29 is 9.72 Å². The molecule has 0 saturated heterocycles. The van der Waals surface area contributed by atoms with Crippen molar-refractivity contribution in [3.63, 3.8) is 0 Å². The van der Waals surface area contributed by atoms with Crippen molar-refractivity contribution in [2.75, 3.05) is 11.1 Å². The third kappa shape index (κ3) is 1.92. The smallest absolute Gasteiger partial charge is 0.277 e. The summed E-state index contributed by atoms with van der Waals surface area (Å²) < 4.78 is 0. The number of nitro groups is 1. The minimum absolute atomic E-state index is 0.0160. The lowest BCUT2D eigenvalue weighted by molar-refractivity contribution is -0.384. The number of hydrogen-bond donors (Lipinski definition) is 2. The van der Waals surface area contributed by atoms with Gasteiger partial charge in [-0.2, -0.15) is 0 Å². The number of nitrogens with zero attached hydrogens (tertiary/aromatic N) is 1. The predicted molar refractivity (Wildman–Crippen MR) is 84.6 cm³/mol. The van der Waals surface area contributed by atoms with Crippen molar-refractivity contribution >= 4 is 23.0 Å². The van der Waals surface area contributed by atoms with Gasteiger partial charge in [-0.05, 0) is 37.6 Å². The highest BCUT2D eigenvalue weighted by molar-refractivity contribution is 6.07. The Labute approximate surface area is 127 Å². The summed E-state index contributed by atoms with van der Waals surface area (Å²) in [5, 5.41) is 14.0. The normalized spacial score (nSPS) is 15.3. The van der Waals surface area contributed by atoms with E-state index in [1.54, 1.807) is 30.3 Å². The van der Waals surface area contributed by atoms with Crippen LogP contribution < -0.4 is 11.1 Å². The molecule has 112 valence electrons. The fourth-order valence-electron chi connectivity index (χ4n) is 2.73. The molecule has 0 aliphatic carbocycles. The van der Waals surface area contributed by atoms with Gasteiger partial charge in [0.2, 0.25) is 5.91 Å². The molecular formula is C16H15N3O3. The first kappa shape index (κ1) is 14.1. The maximum absolute atomic E-state index is 12.0. The van der Waals surface area contributed by atoms with Gasteiger partial charge in [-0.25, -0.2) is 0 Å². The van der Waals surface area contributed by atoms with Crippen molar-refractivity contribution in [2.24, 2.45) is 0 Å². The van der Waals surface area contributed by atoms with E-state index in [2.05, 4.69) is 5.32 Å². The maximum atomic E-state index is 12.0. The zero-order valence-corrected chi connectivity index (χ0v) is 12.2. The number of amides is 1. The van der Waals surface area contributed by atoms with Gasteiger partial charge in [-0.1, -0.05) is 12.1 Å². The van der Waals surface area contributed by atoms with Crippen LogP contribution in [-0.4, -0.2) is 10.8 Å². The molecule has 0 saturated carbocycles. The van der Waals surface area contributed by atoms with Crippen LogP contribution in [0, 0.1) is 10.1 Å². The van der Waals surface area contributed by atoms with E-state index in [0.717, 1.165) is 5.56 Å². The number of benzene rings is 2. The fourth-order valence-corrected chi connectivity index (χ4v) is 2.73. The Kier molecular flexibility index (Phi) is 2.91. The van der Waals surface area contributed by atoms with Crippen LogP contribution in [0.15, 0.2) is 36.4 Å². The monoisotopic (exact) mass is 297 g/mol. The highest BCUT2D eigenvalue weighted by Crippen LogP contribution is 2.43. The van der Waals surface area contributed by atoms with E-state index in [0.29, 0.717) is 22.5 Å². The zero-order valence-electron chi connectivity index (χ0n) is 12.2. The first-order valence-electron chi connectivity index (χ1n) is 6.81. The molecule has 2 aromatic carbocycles. The van der Waals surface area contributed by atoms with Crippen LogP contribution in [0.25, 0.3) is 11.1 Å². The summed E-state index contributed by atoms with van der Waals surface area (Å²) in [6.45, 7) is 3.64. The Morgan fingerprint density at radius 2 is 1.86 bits per heavy atom. The molecule has 1 aliphatic heterocycles. The van der Waals surface area contributed by atoms with E-state index in [-0.39, 0.29) is 11.6 Å². The molecule has 1 aliphatic rings. The molecule has 1 heterocycles. The van der Waals surface area contributed by atoms with Gasteiger partial charge in [0.15, 0.2) is 0 Å². The Hall–Kier alpha value is -2.89. The molecule has 0 fully saturated rings. The van der Waals surface area contributed by atoms with Crippen LogP contribution in [0.4, 0.5) is 17.1 Å². The van der Waals surface area contributed by atoms with Crippen molar-refractivity contribution in [2.45, 2.75) is 19.3 Å². The second kappa shape index (κ2) is 4.56. The SMILES string of the molecule is CC1(C)C(=O)Nc2cc(-c3ccccc3[N+](=O)[O-])c(N)cc21. The van der Waals surface area contributed by atoms with Crippen LogP contribution in [0.2, 0.25) is 0 Å². The molecule has 0 radical (unpaired) electrons. The third-order valence-corrected chi connectivity index (χ3v) is 4.07. The molecule has 22 heavy (non-hydrogen) atoms. The molecule has 3 rings (SSSR count). The molecule has 3 N–H and O–H groups in total. The standard InChI is InChI=1S/C16H15N3O3/c1-16(2)11-8-12(17)10(7-13(11)18-15(16)20)9-5-3-4-6-14(9)19(21)22/h3-8H,17H2,1-2H3,(H,18,20). The van der Waals surface area contributed by atoms with Gasteiger partial charge < -0.3 is 11.1 Å². The molecule has 1 amide bonds. The zero-order chi connectivity index (χ0) is 16.1. The lowest BCUT2D eigenvalue weighted by Gasteiger charge is -2.16. The second-order valence-corrected chi connectivity index (χ2v) is 5.84. The number of rotatable bonds is 2. The summed E-state index contributed by atoms with van der Waals surface area (Å²) in [6.07, 6.45) is 0. The Balaban J connectivity index is 2.22. The number of carbonyl (C=O) groups excluding carboxylic acids is 1. The average molecular weight is 297 g/mol. The molecule has 0 bridgehead atoms. The lowest BCUT2D eigenvalue weighted by atomic mass is 9.85. The Morgan fingerprint density at radius 1 is 1.18 bits per heavy atom. The van der Waals surface area contributed by atoms with E-state index in [1.807, 2.05) is 13.8 Å². The molecular weight excluding hydrogens is 282 g/mol. The van der Waals surface area contributed by atoms with Crippen LogP contribution in [0.3, 0.4) is 0 Å². The predicted octanol–water partition coefficient (Wildman–Crippen LogP) is 3.07. The van der Waals surface area contributed by atoms with E-state index in [1.165, 1.54) is 6.07 Å². The summed E-state index contributed by atoms with van der Waals surface area (Å²) in [4.78, 5) is 22.8. The summed E-state index contributed by atoms with van der Waals surface area (Å²) in [5.41, 5.74) is 8.27. The summed E-state index contributed by atoms with van der Waals surface area (Å²) in [7, 11) is 0. The van der Waals surface area contributed by atoms with Crippen LogP contribution in [0.5, 0.6) is 0 Å². The van der Waals surface area contributed by atoms with E-state index >= 15 is 0 Å². The van der Waals surface area contributed by atoms with Crippen LogP contribution in [-0.2, 0) is 10.2 Å². The van der Waals surface area contributed by atoms with Gasteiger partial charge in [-0.15, -0.1) is 0 Å². The number of carbonyl (C=O) groups is 1. The van der Waals surface area contributed by atoms with Gasteiger partial charge in [-0.3, -0.25) is 14.9 Å². The first-order valence-corrected chi connectivity index (χ1v) is 6.81.